The summed E-state index contributed by atoms with van der Waals surface area (Å²) in [4.78, 5) is 92.6. The van der Waals surface area contributed by atoms with Crippen molar-refractivity contribution in [3.63, 3.8) is 0 Å². The molecule has 4 fully saturated rings. The van der Waals surface area contributed by atoms with Crippen molar-refractivity contribution in [3.8, 4) is 0 Å². The number of benzene rings is 3. The van der Waals surface area contributed by atoms with Crippen molar-refractivity contribution < 1.29 is 33.7 Å². The smallest absolute Gasteiger partial charge is 0.282 e. The van der Waals surface area contributed by atoms with Crippen molar-refractivity contribution >= 4 is 41.1 Å². The van der Waals surface area contributed by atoms with Gasteiger partial charge in [-0.3, -0.25) is 38.9 Å². The van der Waals surface area contributed by atoms with E-state index in [9.17, 15) is 38.9 Å². The van der Waals surface area contributed by atoms with E-state index in [1.807, 2.05) is 60.7 Å². The molecule has 15 nitrogen and oxygen atoms in total. The van der Waals surface area contributed by atoms with Gasteiger partial charge in [-0.25, -0.2) is 0 Å². The summed E-state index contributed by atoms with van der Waals surface area (Å²) >= 11 is 0. The molecule has 8 atom stereocenters. The third kappa shape index (κ3) is 7.19. The molecule has 2 heterocycles. The molecule has 3 aromatic carbocycles. The summed E-state index contributed by atoms with van der Waals surface area (Å²) < 4.78 is 0. The largest absolute Gasteiger partial charge is 0.369 e. The van der Waals surface area contributed by atoms with Crippen LogP contribution in [-0.2, 0) is 19.2 Å². The summed E-state index contributed by atoms with van der Waals surface area (Å²) in [5, 5.41) is 18.2. The lowest BCUT2D eigenvalue weighted by molar-refractivity contribution is -0.385. The number of carbonyl (C=O) groups is 6. The van der Waals surface area contributed by atoms with Gasteiger partial charge in [0.05, 0.1) is 28.6 Å². The van der Waals surface area contributed by atoms with Crippen molar-refractivity contribution in [3.05, 3.63) is 111 Å². The molecule has 0 unspecified atom stereocenters. The molecule has 2 aliphatic carbocycles. The zero-order valence-electron chi connectivity index (χ0n) is 28.6. The Bertz CT molecular complexity index is 1990. The fraction of sp³-hybridized carbons (Fsp3) is 0.368. The third-order valence-corrected chi connectivity index (χ3v) is 11.0. The molecule has 15 heteroatoms. The molecule has 0 spiro atoms. The SMILES string of the molecule is NC(=O)[C@@H]1CN(C(=O)c2ccc(C(=O)N3C[C@@H](C(N)=O)[C@H](C(=O)N[C@H]4C[C@@H]4c4ccccc4)C3)c([N+](=O)[O-])c2)C[C@H]1C(=O)N[C@H]1C[C@@H]1c1ccccc1. The van der Waals surface area contributed by atoms with Crippen LogP contribution in [0.1, 0.15) is 56.5 Å². The number of nitrogens with zero attached hydrogens (tertiary/aromatic N) is 3. The molecule has 2 saturated heterocycles. The summed E-state index contributed by atoms with van der Waals surface area (Å²) in [5.74, 6) is -7.37. The van der Waals surface area contributed by atoms with Gasteiger partial charge in [-0.1, -0.05) is 60.7 Å². The van der Waals surface area contributed by atoms with Gasteiger partial charge < -0.3 is 31.9 Å². The van der Waals surface area contributed by atoms with Crippen LogP contribution in [0.25, 0.3) is 0 Å². The molecule has 3 aromatic rings. The minimum absolute atomic E-state index is 0.111. The topological polar surface area (TPSA) is 228 Å². The first kappa shape index (κ1) is 35.3. The second-order valence-corrected chi connectivity index (χ2v) is 14.4. The quantitative estimate of drug-likeness (QED) is 0.166. The van der Waals surface area contributed by atoms with Crippen LogP contribution in [0.15, 0.2) is 78.9 Å². The van der Waals surface area contributed by atoms with E-state index >= 15 is 0 Å². The minimum atomic E-state index is -1.00. The maximum absolute atomic E-state index is 13.7. The first-order chi connectivity index (χ1) is 25.4. The average Bonchev–Trinajstić information content (AvgIpc) is 3.99. The first-order valence-corrected chi connectivity index (χ1v) is 17.6. The van der Waals surface area contributed by atoms with E-state index in [4.69, 9.17) is 11.5 Å². The average molecular weight is 722 g/mol. The number of nitro benzene ring substituents is 1. The van der Waals surface area contributed by atoms with E-state index in [2.05, 4.69) is 10.6 Å². The van der Waals surface area contributed by atoms with E-state index in [-0.39, 0.29) is 61.2 Å². The lowest BCUT2D eigenvalue weighted by Crippen LogP contribution is -2.40. The predicted octanol–water partition coefficient (Wildman–Crippen LogP) is 1.29. The van der Waals surface area contributed by atoms with Gasteiger partial charge in [-0.05, 0) is 36.1 Å². The Balaban J connectivity index is 1.02. The highest BCUT2D eigenvalue weighted by Gasteiger charge is 2.48. The van der Waals surface area contributed by atoms with E-state index in [1.165, 1.54) is 15.9 Å². The number of carbonyl (C=O) groups excluding carboxylic acids is 6. The van der Waals surface area contributed by atoms with E-state index < -0.39 is 69.7 Å². The number of amides is 6. The summed E-state index contributed by atoms with van der Waals surface area (Å²) in [5.41, 5.74) is 12.3. The molecular weight excluding hydrogens is 682 g/mol. The number of nitro groups is 1. The molecule has 2 aliphatic heterocycles. The highest BCUT2D eigenvalue weighted by Crippen LogP contribution is 2.42. The van der Waals surface area contributed by atoms with Gasteiger partial charge in [0.2, 0.25) is 23.6 Å². The van der Waals surface area contributed by atoms with Crippen molar-refractivity contribution in [1.82, 2.24) is 20.4 Å². The van der Waals surface area contributed by atoms with Crippen LogP contribution >= 0.6 is 0 Å². The second-order valence-electron chi connectivity index (χ2n) is 14.4. The maximum Gasteiger partial charge on any atom is 0.282 e. The van der Waals surface area contributed by atoms with E-state index in [0.717, 1.165) is 36.1 Å². The lowest BCUT2D eigenvalue weighted by Gasteiger charge is -2.18. The van der Waals surface area contributed by atoms with Crippen LogP contribution in [0.3, 0.4) is 0 Å². The minimum Gasteiger partial charge on any atom is -0.369 e. The van der Waals surface area contributed by atoms with Crippen molar-refractivity contribution in [2.45, 2.75) is 36.8 Å². The van der Waals surface area contributed by atoms with Crippen LogP contribution < -0.4 is 22.1 Å². The van der Waals surface area contributed by atoms with Gasteiger partial charge in [0.15, 0.2) is 0 Å². The van der Waals surface area contributed by atoms with Gasteiger partial charge in [0.1, 0.15) is 5.56 Å². The first-order valence-electron chi connectivity index (χ1n) is 17.6. The molecule has 7 rings (SSSR count). The Kier molecular flexibility index (Phi) is 9.41. The van der Waals surface area contributed by atoms with E-state index in [0.29, 0.717) is 0 Å². The van der Waals surface area contributed by atoms with Crippen LogP contribution in [0.5, 0.6) is 0 Å². The number of nitrogens with two attached hydrogens (primary N) is 2. The zero-order valence-corrected chi connectivity index (χ0v) is 28.6. The van der Waals surface area contributed by atoms with Crippen LogP contribution in [-0.4, -0.2) is 88.4 Å². The normalized spacial score (nSPS) is 27.1. The summed E-state index contributed by atoms with van der Waals surface area (Å²) in [6.07, 6.45) is 1.47. The number of rotatable bonds is 11. The van der Waals surface area contributed by atoms with Gasteiger partial charge in [-0.2, -0.15) is 0 Å². The number of nitrogens with one attached hydrogen (secondary N) is 2. The van der Waals surface area contributed by atoms with Gasteiger partial charge in [0, 0.05) is 61.7 Å². The number of hydrogen-bond donors (Lipinski definition) is 4. The van der Waals surface area contributed by atoms with Crippen molar-refractivity contribution in [2.75, 3.05) is 26.2 Å². The third-order valence-electron chi connectivity index (χ3n) is 11.0. The summed E-state index contributed by atoms with van der Waals surface area (Å²) in [6, 6.07) is 22.5. The molecule has 4 aliphatic rings. The number of hydrogen-bond acceptors (Lipinski definition) is 8. The highest BCUT2D eigenvalue weighted by molar-refractivity contribution is 6.03. The van der Waals surface area contributed by atoms with Crippen LogP contribution in [0.4, 0.5) is 5.69 Å². The van der Waals surface area contributed by atoms with Crippen LogP contribution in [0.2, 0.25) is 0 Å². The second kappa shape index (κ2) is 14.1. The van der Waals surface area contributed by atoms with Crippen molar-refractivity contribution in [2.24, 2.45) is 35.1 Å². The Morgan fingerprint density at radius 2 is 1.06 bits per heavy atom. The molecule has 0 bridgehead atoms. The molecule has 2 saturated carbocycles. The lowest BCUT2D eigenvalue weighted by atomic mass is 9.94. The number of likely N-dealkylation sites (tertiary alicyclic amines) is 2. The van der Waals surface area contributed by atoms with Crippen molar-refractivity contribution in [1.29, 1.82) is 0 Å². The molecule has 6 N–H and O–H groups in total. The zero-order chi connectivity index (χ0) is 37.6. The molecule has 0 radical (unpaired) electrons. The standard InChI is InChI=1S/C38H39N7O8/c39-33(46)26-16-43(18-28(26)35(48)41-30-14-24(30)20-7-3-1-4-8-20)37(50)22-11-12-23(32(13-22)45(52)53)38(51)44-17-27(34(40)47)29(19-44)36(49)42-31-15-25(31)21-9-5-2-6-10-21/h1-13,24-31H,14-19H2,(H2,39,46)(H2,40,47)(H,41,48)(H,42,49)/t24-,25-,26-,27-,28-,29-,30+,31+/m1/s1. The summed E-state index contributed by atoms with van der Waals surface area (Å²) in [6.45, 7) is -0.687. The monoisotopic (exact) mass is 721 g/mol. The van der Waals surface area contributed by atoms with E-state index in [1.54, 1.807) is 0 Å². The van der Waals surface area contributed by atoms with Crippen LogP contribution in [0, 0.1) is 33.8 Å². The fourth-order valence-corrected chi connectivity index (χ4v) is 7.82. The van der Waals surface area contributed by atoms with Gasteiger partial charge >= 0.3 is 0 Å². The van der Waals surface area contributed by atoms with Gasteiger partial charge in [0.25, 0.3) is 17.5 Å². The Morgan fingerprint density at radius 1 is 0.623 bits per heavy atom. The Morgan fingerprint density at radius 3 is 1.49 bits per heavy atom. The summed E-state index contributed by atoms with van der Waals surface area (Å²) in [7, 11) is 0. The molecular formula is C38H39N7O8. The molecule has 274 valence electrons. The molecule has 6 amide bonds. The fourth-order valence-electron chi connectivity index (χ4n) is 7.82. The highest BCUT2D eigenvalue weighted by atomic mass is 16.6. The maximum atomic E-state index is 13.7. The molecule has 0 aromatic heterocycles. The Hall–Kier alpha value is -6.12. The molecule has 53 heavy (non-hydrogen) atoms. The Labute approximate surface area is 304 Å². The number of primary amides is 2. The van der Waals surface area contributed by atoms with Gasteiger partial charge in [-0.15, -0.1) is 0 Å². The predicted molar refractivity (Wildman–Crippen MR) is 189 cm³/mol.